The van der Waals surface area contributed by atoms with Crippen LogP contribution in [0.15, 0.2) is 12.1 Å². The molecule has 1 aliphatic heterocycles. The molecule has 1 aromatic rings. The van der Waals surface area contributed by atoms with Crippen LogP contribution < -0.4 is 19.5 Å². The number of hydrogen-bond acceptors (Lipinski definition) is 5. The van der Waals surface area contributed by atoms with Gasteiger partial charge in [-0.1, -0.05) is 0 Å². The van der Waals surface area contributed by atoms with Crippen molar-refractivity contribution in [3.8, 4) is 17.2 Å². The molecule has 124 valence electrons. The fourth-order valence-corrected chi connectivity index (χ4v) is 2.96. The summed E-state index contributed by atoms with van der Waals surface area (Å²) in [6.45, 7) is 0.834. The van der Waals surface area contributed by atoms with Gasteiger partial charge in [0.1, 0.15) is 13.2 Å². The maximum absolute atomic E-state index is 12.5. The number of benzene rings is 1. The quantitative estimate of drug-likeness (QED) is 0.855. The summed E-state index contributed by atoms with van der Waals surface area (Å²) in [7, 11) is 1.49. The zero-order valence-corrected chi connectivity index (χ0v) is 12.9. The van der Waals surface area contributed by atoms with E-state index in [-0.39, 0.29) is 12.3 Å². The van der Waals surface area contributed by atoms with Gasteiger partial charge in [0.05, 0.1) is 19.1 Å². The molecule has 1 fully saturated rings. The van der Waals surface area contributed by atoms with Gasteiger partial charge in [0.2, 0.25) is 5.75 Å². The number of carboxylic acids is 1. The van der Waals surface area contributed by atoms with Crippen LogP contribution in [0.1, 0.15) is 36.0 Å². The maximum Gasteiger partial charge on any atom is 0.305 e. The summed E-state index contributed by atoms with van der Waals surface area (Å²) in [6.07, 6.45) is 2.19. The first kappa shape index (κ1) is 15.5. The topological polar surface area (TPSA) is 94.1 Å². The van der Waals surface area contributed by atoms with E-state index in [0.29, 0.717) is 48.9 Å². The Kier molecular flexibility index (Phi) is 4.02. The molecule has 1 aromatic carbocycles. The first-order valence-corrected chi connectivity index (χ1v) is 7.55. The smallest absolute Gasteiger partial charge is 0.305 e. The number of aliphatic carboxylic acids is 1. The zero-order valence-electron chi connectivity index (χ0n) is 12.9. The number of carbonyl (C=O) groups is 2. The van der Waals surface area contributed by atoms with Crippen molar-refractivity contribution in [2.45, 2.75) is 31.2 Å². The van der Waals surface area contributed by atoms with Crippen LogP contribution in [0.3, 0.4) is 0 Å². The van der Waals surface area contributed by atoms with Crippen LogP contribution in [0.5, 0.6) is 17.2 Å². The highest BCUT2D eigenvalue weighted by molar-refractivity contribution is 5.96. The molecule has 3 rings (SSSR count). The van der Waals surface area contributed by atoms with Crippen LogP contribution in [0.4, 0.5) is 0 Å². The third kappa shape index (κ3) is 3.04. The van der Waals surface area contributed by atoms with E-state index in [0.717, 1.165) is 6.42 Å². The van der Waals surface area contributed by atoms with Gasteiger partial charge < -0.3 is 24.6 Å². The fraction of sp³-hybridized carbons (Fsp3) is 0.500. The Morgan fingerprint density at radius 3 is 2.65 bits per heavy atom. The Labute approximate surface area is 133 Å². The van der Waals surface area contributed by atoms with Gasteiger partial charge in [-0.25, -0.2) is 0 Å². The normalized spacial score (nSPS) is 17.8. The van der Waals surface area contributed by atoms with E-state index >= 15 is 0 Å². The highest BCUT2D eigenvalue weighted by Gasteiger charge is 2.40. The lowest BCUT2D eigenvalue weighted by atomic mass is 9.74. The zero-order chi connectivity index (χ0) is 16.4. The molecule has 0 radical (unpaired) electrons. The van der Waals surface area contributed by atoms with Crippen LogP contribution in [0.25, 0.3) is 0 Å². The lowest BCUT2D eigenvalue weighted by molar-refractivity contribution is -0.139. The van der Waals surface area contributed by atoms with Crippen LogP contribution in [0.2, 0.25) is 0 Å². The van der Waals surface area contributed by atoms with E-state index in [9.17, 15) is 9.59 Å². The number of hydrogen-bond donors (Lipinski definition) is 2. The third-order valence-corrected chi connectivity index (χ3v) is 4.27. The molecular weight excluding hydrogens is 302 g/mol. The molecule has 0 spiro atoms. The predicted molar refractivity (Wildman–Crippen MR) is 80.3 cm³/mol. The largest absolute Gasteiger partial charge is 0.493 e. The first-order valence-electron chi connectivity index (χ1n) is 7.55. The van der Waals surface area contributed by atoms with Crippen molar-refractivity contribution < 1.29 is 28.9 Å². The molecular formula is C16H19NO6. The Hall–Kier alpha value is -2.44. The Morgan fingerprint density at radius 2 is 2.04 bits per heavy atom. The maximum atomic E-state index is 12.5. The van der Waals surface area contributed by atoms with Gasteiger partial charge >= 0.3 is 5.97 Å². The highest BCUT2D eigenvalue weighted by atomic mass is 16.6. The summed E-state index contributed by atoms with van der Waals surface area (Å²) in [5.74, 6) is 0.125. The number of carbonyl (C=O) groups excluding carboxylic acids is 1. The molecule has 1 amide bonds. The molecule has 0 atom stereocenters. The minimum Gasteiger partial charge on any atom is -0.493 e. The van der Waals surface area contributed by atoms with Crippen molar-refractivity contribution in [2.24, 2.45) is 0 Å². The van der Waals surface area contributed by atoms with Gasteiger partial charge in [-0.05, 0) is 31.4 Å². The average molecular weight is 321 g/mol. The number of carboxylic acid groups (broad SMARTS) is 1. The van der Waals surface area contributed by atoms with Crippen molar-refractivity contribution in [2.75, 3.05) is 20.3 Å². The van der Waals surface area contributed by atoms with E-state index in [2.05, 4.69) is 5.32 Å². The monoisotopic (exact) mass is 321 g/mol. The molecule has 23 heavy (non-hydrogen) atoms. The van der Waals surface area contributed by atoms with E-state index in [1.165, 1.54) is 7.11 Å². The van der Waals surface area contributed by atoms with Gasteiger partial charge in [-0.3, -0.25) is 9.59 Å². The molecule has 7 heteroatoms. The van der Waals surface area contributed by atoms with Gasteiger partial charge in [-0.2, -0.15) is 0 Å². The summed E-state index contributed by atoms with van der Waals surface area (Å²) in [4.78, 5) is 23.5. The summed E-state index contributed by atoms with van der Waals surface area (Å²) in [5, 5.41) is 11.9. The standard InChI is InChI=1S/C16H19NO6/c1-21-11-7-10(8-12-14(11)23-6-5-22-12)15(20)17-16(3-2-4-16)9-13(18)19/h7-8H,2-6,9H2,1H3,(H,17,20)(H,18,19). The van der Waals surface area contributed by atoms with Gasteiger partial charge in [-0.15, -0.1) is 0 Å². The van der Waals surface area contributed by atoms with Crippen molar-refractivity contribution in [1.82, 2.24) is 5.32 Å². The van der Waals surface area contributed by atoms with Crippen molar-refractivity contribution >= 4 is 11.9 Å². The second-order valence-electron chi connectivity index (χ2n) is 5.86. The van der Waals surface area contributed by atoms with Crippen molar-refractivity contribution in [3.05, 3.63) is 17.7 Å². The molecule has 1 heterocycles. The Balaban J connectivity index is 1.83. The van der Waals surface area contributed by atoms with Crippen molar-refractivity contribution in [3.63, 3.8) is 0 Å². The molecule has 1 aliphatic carbocycles. The molecule has 2 aliphatic rings. The highest BCUT2D eigenvalue weighted by Crippen LogP contribution is 2.41. The van der Waals surface area contributed by atoms with E-state index in [4.69, 9.17) is 19.3 Å². The Bertz CT molecular complexity index is 620. The predicted octanol–water partition coefficient (Wildman–Crippen LogP) is 1.59. The van der Waals surface area contributed by atoms with Gasteiger partial charge in [0.15, 0.2) is 11.5 Å². The number of fused-ring (bicyclic) bond motifs is 1. The van der Waals surface area contributed by atoms with Crippen LogP contribution in [-0.4, -0.2) is 42.8 Å². The first-order chi connectivity index (χ1) is 11.0. The SMILES string of the molecule is COc1cc(C(=O)NC2(CC(=O)O)CCC2)cc2c1OCCO2. The third-order valence-electron chi connectivity index (χ3n) is 4.27. The number of amides is 1. The molecule has 0 unspecified atom stereocenters. The van der Waals surface area contributed by atoms with E-state index in [1.807, 2.05) is 0 Å². The molecule has 2 N–H and O–H groups in total. The summed E-state index contributed by atoms with van der Waals surface area (Å²) >= 11 is 0. The van der Waals surface area contributed by atoms with Crippen LogP contribution >= 0.6 is 0 Å². The summed E-state index contributed by atoms with van der Waals surface area (Å²) in [6, 6.07) is 3.18. The average Bonchev–Trinajstić information content (AvgIpc) is 2.51. The van der Waals surface area contributed by atoms with Gasteiger partial charge in [0.25, 0.3) is 5.91 Å². The number of rotatable bonds is 5. The lowest BCUT2D eigenvalue weighted by Crippen LogP contribution is -2.54. The fourth-order valence-electron chi connectivity index (χ4n) is 2.96. The summed E-state index contributed by atoms with van der Waals surface area (Å²) < 4.78 is 16.3. The molecule has 1 saturated carbocycles. The number of methoxy groups -OCH3 is 1. The van der Waals surface area contributed by atoms with E-state index < -0.39 is 11.5 Å². The second kappa shape index (κ2) is 5.98. The second-order valence-corrected chi connectivity index (χ2v) is 5.86. The van der Waals surface area contributed by atoms with Crippen molar-refractivity contribution in [1.29, 1.82) is 0 Å². The summed E-state index contributed by atoms with van der Waals surface area (Å²) in [5.41, 5.74) is -0.286. The van der Waals surface area contributed by atoms with Gasteiger partial charge in [0, 0.05) is 5.56 Å². The minimum absolute atomic E-state index is 0.0690. The van der Waals surface area contributed by atoms with Crippen LogP contribution in [-0.2, 0) is 4.79 Å². The Morgan fingerprint density at radius 1 is 1.30 bits per heavy atom. The van der Waals surface area contributed by atoms with Crippen LogP contribution in [0, 0.1) is 0 Å². The molecule has 0 bridgehead atoms. The lowest BCUT2D eigenvalue weighted by Gasteiger charge is -2.41. The number of ether oxygens (including phenoxy) is 3. The van der Waals surface area contributed by atoms with E-state index in [1.54, 1.807) is 12.1 Å². The number of nitrogens with one attached hydrogen (secondary N) is 1. The molecule has 7 nitrogen and oxygen atoms in total. The molecule has 0 saturated heterocycles. The minimum atomic E-state index is -0.912. The molecule has 0 aromatic heterocycles.